The topological polar surface area (TPSA) is 136 Å². The van der Waals surface area contributed by atoms with Gasteiger partial charge in [0, 0.05) is 5.75 Å². The molecule has 0 aliphatic rings. The molecular formula is C14H13Li2NO7S. The Morgan fingerprint density at radius 2 is 1.68 bits per heavy atom. The number of benzene rings is 1. The second-order valence-corrected chi connectivity index (χ2v) is 5.36. The Morgan fingerprint density at radius 1 is 1.08 bits per heavy atom. The van der Waals surface area contributed by atoms with Crippen LogP contribution in [-0.4, -0.2) is 34.9 Å². The molecule has 0 fully saturated rings. The molecule has 1 N–H and O–H groups in total. The number of aliphatic carboxylic acids is 2. The minimum atomic E-state index is -1.87. The largest absolute Gasteiger partial charge is 1.00 e. The maximum absolute atomic E-state index is 11.5. The quantitative estimate of drug-likeness (QED) is 0.377. The van der Waals surface area contributed by atoms with E-state index in [1.54, 1.807) is 30.3 Å². The van der Waals surface area contributed by atoms with Gasteiger partial charge in [-0.2, -0.15) is 0 Å². The molecule has 1 unspecified atom stereocenters. The fourth-order valence-electron chi connectivity index (χ4n) is 1.48. The smallest absolute Gasteiger partial charge is 0.548 e. The summed E-state index contributed by atoms with van der Waals surface area (Å²) in [4.78, 5) is 43.5. The summed E-state index contributed by atoms with van der Waals surface area (Å²) in [6.07, 6.45) is -1.16. The number of hydrogen-bond acceptors (Lipinski definition) is 8. The fraction of sp³-hybridized carbons (Fsp3) is 0.286. The van der Waals surface area contributed by atoms with Crippen LogP contribution in [0.5, 0.6) is 0 Å². The molecule has 0 bridgehead atoms. The Labute approximate surface area is 172 Å². The van der Waals surface area contributed by atoms with E-state index in [0.717, 1.165) is 5.56 Å². The molecule has 0 aliphatic carbocycles. The molecular weight excluding hydrogens is 340 g/mol. The maximum atomic E-state index is 11.5. The summed E-state index contributed by atoms with van der Waals surface area (Å²) >= 11 is 0.383. The fourth-order valence-corrected chi connectivity index (χ4v) is 2.14. The molecule has 1 aromatic carbocycles. The van der Waals surface area contributed by atoms with Crippen molar-refractivity contribution in [2.45, 2.75) is 19.1 Å². The van der Waals surface area contributed by atoms with Gasteiger partial charge in [0.2, 0.25) is 5.12 Å². The molecule has 0 radical (unpaired) electrons. The maximum Gasteiger partial charge on any atom is 1.00 e. The van der Waals surface area contributed by atoms with Crippen molar-refractivity contribution in [3.8, 4) is 0 Å². The summed E-state index contributed by atoms with van der Waals surface area (Å²) in [6, 6.07) is 7.36. The van der Waals surface area contributed by atoms with Crippen molar-refractivity contribution in [2.75, 3.05) is 5.75 Å². The van der Waals surface area contributed by atoms with Crippen LogP contribution < -0.4 is 53.3 Å². The zero-order valence-corrected chi connectivity index (χ0v) is 14.7. The zero-order chi connectivity index (χ0) is 17.2. The van der Waals surface area contributed by atoms with Gasteiger partial charge in [-0.3, -0.25) is 4.79 Å². The van der Waals surface area contributed by atoms with Crippen LogP contribution in [0.3, 0.4) is 0 Å². The number of hydrogen-bond donors (Lipinski definition) is 1. The van der Waals surface area contributed by atoms with Gasteiger partial charge in [-0.05, 0) is 12.0 Å². The number of carboxylic acids is 2. The predicted molar refractivity (Wildman–Crippen MR) is 75.6 cm³/mol. The summed E-state index contributed by atoms with van der Waals surface area (Å²) < 4.78 is 4.86. The van der Waals surface area contributed by atoms with Crippen LogP contribution in [0, 0.1) is 0 Å². The van der Waals surface area contributed by atoms with E-state index in [4.69, 9.17) is 4.74 Å². The second-order valence-electron chi connectivity index (χ2n) is 4.29. The third-order valence-corrected chi connectivity index (χ3v) is 3.46. The van der Waals surface area contributed by atoms with E-state index in [9.17, 15) is 29.4 Å². The number of thioether (sulfide) groups is 1. The van der Waals surface area contributed by atoms with E-state index in [0.29, 0.717) is 11.8 Å². The molecule has 0 heterocycles. The Hall–Kier alpha value is -1.36. The van der Waals surface area contributed by atoms with E-state index in [1.807, 2.05) is 0 Å². The van der Waals surface area contributed by atoms with E-state index < -0.39 is 29.2 Å². The van der Waals surface area contributed by atoms with Gasteiger partial charge in [-0.15, -0.1) is 0 Å². The number of alkyl carbamates (subject to hydrolysis) is 1. The van der Waals surface area contributed by atoms with Gasteiger partial charge >= 0.3 is 43.8 Å². The molecule has 25 heavy (non-hydrogen) atoms. The van der Waals surface area contributed by atoms with Crippen molar-refractivity contribution in [1.82, 2.24) is 5.32 Å². The normalized spacial score (nSPS) is 10.4. The summed E-state index contributed by atoms with van der Waals surface area (Å²) in [5.74, 6) is -3.57. The van der Waals surface area contributed by atoms with Crippen molar-refractivity contribution >= 4 is 34.9 Å². The first-order chi connectivity index (χ1) is 10.9. The van der Waals surface area contributed by atoms with Crippen LogP contribution in [0.2, 0.25) is 0 Å². The Morgan fingerprint density at radius 3 is 2.20 bits per heavy atom. The average Bonchev–Trinajstić information content (AvgIpc) is 2.52. The molecule has 0 aliphatic heterocycles. The van der Waals surface area contributed by atoms with Crippen molar-refractivity contribution < 1.29 is 71.8 Å². The number of amides is 1. The van der Waals surface area contributed by atoms with Gasteiger partial charge in [0.1, 0.15) is 12.6 Å². The molecule has 124 valence electrons. The number of ether oxygens (including phenoxy) is 1. The van der Waals surface area contributed by atoms with Gasteiger partial charge in [0.15, 0.2) is 0 Å². The molecule has 1 rings (SSSR count). The number of rotatable bonds is 7. The van der Waals surface area contributed by atoms with Crippen molar-refractivity contribution in [1.29, 1.82) is 0 Å². The van der Waals surface area contributed by atoms with E-state index in [2.05, 4.69) is 5.32 Å². The van der Waals surface area contributed by atoms with Crippen molar-refractivity contribution in [3.05, 3.63) is 35.9 Å². The van der Waals surface area contributed by atoms with Crippen LogP contribution in [0.25, 0.3) is 0 Å². The second kappa shape index (κ2) is 13.9. The van der Waals surface area contributed by atoms with Gasteiger partial charge < -0.3 is 29.9 Å². The van der Waals surface area contributed by atoms with Gasteiger partial charge in [0.05, 0.1) is 12.0 Å². The van der Waals surface area contributed by atoms with Crippen LogP contribution in [0.15, 0.2) is 30.3 Å². The SMILES string of the molecule is O=C(NC(CCSC(=O)C(=O)[O-])C(=O)[O-])OCc1ccccc1.[Li+].[Li+]. The van der Waals surface area contributed by atoms with Gasteiger partial charge in [0.25, 0.3) is 0 Å². The summed E-state index contributed by atoms with van der Waals surface area (Å²) in [5, 5.41) is 22.0. The van der Waals surface area contributed by atoms with Crippen molar-refractivity contribution in [3.63, 3.8) is 0 Å². The van der Waals surface area contributed by atoms with Crippen LogP contribution in [0.1, 0.15) is 12.0 Å². The summed E-state index contributed by atoms with van der Waals surface area (Å²) in [6.45, 7) is -0.0373. The molecule has 1 atom stereocenters. The third kappa shape index (κ3) is 11.0. The molecule has 0 saturated carbocycles. The summed E-state index contributed by atoms with van der Waals surface area (Å²) in [7, 11) is 0. The number of carbonyl (C=O) groups is 4. The molecule has 1 amide bonds. The molecule has 8 nitrogen and oxygen atoms in total. The van der Waals surface area contributed by atoms with Gasteiger partial charge in [-0.1, -0.05) is 42.1 Å². The third-order valence-electron chi connectivity index (χ3n) is 2.60. The average molecular weight is 353 g/mol. The number of nitrogens with one attached hydrogen (secondary N) is 1. The Bertz CT molecular complexity index is 586. The van der Waals surface area contributed by atoms with E-state index in [1.165, 1.54) is 0 Å². The van der Waals surface area contributed by atoms with Crippen LogP contribution >= 0.6 is 11.8 Å². The first-order valence-corrected chi connectivity index (χ1v) is 7.45. The van der Waals surface area contributed by atoms with Gasteiger partial charge in [-0.25, -0.2) is 4.79 Å². The Balaban J connectivity index is 0. The molecule has 11 heteroatoms. The summed E-state index contributed by atoms with van der Waals surface area (Å²) in [5.41, 5.74) is 0.725. The Kier molecular flexibility index (Phi) is 14.4. The number of carboxylic acid groups (broad SMARTS) is 2. The molecule has 1 aromatic rings. The minimum Gasteiger partial charge on any atom is -0.548 e. The first-order valence-electron chi connectivity index (χ1n) is 6.46. The first kappa shape index (κ1) is 25.9. The molecule has 0 spiro atoms. The number of carbonyl (C=O) groups excluding carboxylic acids is 4. The molecule has 0 aromatic heterocycles. The van der Waals surface area contributed by atoms with E-state index >= 15 is 0 Å². The minimum absolute atomic E-state index is 0. The van der Waals surface area contributed by atoms with Crippen LogP contribution in [-0.2, 0) is 25.7 Å². The molecule has 0 saturated heterocycles. The van der Waals surface area contributed by atoms with Crippen molar-refractivity contribution in [2.24, 2.45) is 0 Å². The van der Waals surface area contributed by atoms with E-state index in [-0.39, 0.29) is 56.5 Å². The van der Waals surface area contributed by atoms with Crippen LogP contribution in [0.4, 0.5) is 4.79 Å². The standard InChI is InChI=1S/C14H15NO7S.2Li/c16-11(17)10(6-7-23-13(20)12(18)19)15-14(21)22-8-9-4-2-1-3-5-9;;/h1-5,10H,6-8H2,(H,15,21)(H,16,17)(H,18,19);;/q;2*+1/p-2. The zero-order valence-electron chi connectivity index (χ0n) is 13.9. The monoisotopic (exact) mass is 353 g/mol. The predicted octanol–water partition coefficient (Wildman–Crippen LogP) is -7.56.